The van der Waals surface area contributed by atoms with Crippen LogP contribution < -0.4 is 11.1 Å². The summed E-state index contributed by atoms with van der Waals surface area (Å²) in [5.41, 5.74) is 6.06. The Bertz CT molecular complexity index is 561. The van der Waals surface area contributed by atoms with Gasteiger partial charge >= 0.3 is 0 Å². The highest BCUT2D eigenvalue weighted by Crippen LogP contribution is 2.11. The zero-order chi connectivity index (χ0) is 13.8. The second kappa shape index (κ2) is 5.61. The number of aryl methyl sites for hydroxylation is 1. The first-order chi connectivity index (χ1) is 9.08. The van der Waals surface area contributed by atoms with Gasteiger partial charge in [0.15, 0.2) is 0 Å². The van der Waals surface area contributed by atoms with E-state index in [1.54, 1.807) is 26.2 Å². The number of nitrogens with two attached hydrogens (primary N) is 1. The molecule has 2 rings (SSSR count). The van der Waals surface area contributed by atoms with Crippen LogP contribution in [0.2, 0.25) is 0 Å². The molecule has 0 saturated heterocycles. The maximum Gasteiger partial charge on any atom is 0.242 e. The summed E-state index contributed by atoms with van der Waals surface area (Å²) in [6.07, 6.45) is 3.25. The Labute approximate surface area is 110 Å². The second-order valence-electron chi connectivity index (χ2n) is 4.21. The molecule has 102 valence electrons. The van der Waals surface area contributed by atoms with E-state index in [9.17, 15) is 4.79 Å². The highest BCUT2D eigenvalue weighted by molar-refractivity contribution is 5.75. The molecule has 3 N–H and O–H groups in total. The van der Waals surface area contributed by atoms with Crippen LogP contribution in [-0.4, -0.2) is 25.9 Å². The fourth-order valence-electron chi connectivity index (χ4n) is 1.58. The Morgan fingerprint density at radius 3 is 3.00 bits per heavy atom. The van der Waals surface area contributed by atoms with Gasteiger partial charge in [0.25, 0.3) is 0 Å². The summed E-state index contributed by atoms with van der Waals surface area (Å²) in [6.45, 7) is 3.98. The Balaban J connectivity index is 1.90. The van der Waals surface area contributed by atoms with Crippen molar-refractivity contribution in [3.05, 3.63) is 29.7 Å². The summed E-state index contributed by atoms with van der Waals surface area (Å²) in [5, 5.41) is 10.4. The van der Waals surface area contributed by atoms with Crippen LogP contribution in [0.5, 0.6) is 0 Å². The number of carbonyl (C=O) groups excluding carboxylic acids is 1. The van der Waals surface area contributed by atoms with Crippen LogP contribution in [0.25, 0.3) is 0 Å². The van der Waals surface area contributed by atoms with Crippen LogP contribution in [0.15, 0.2) is 16.8 Å². The minimum atomic E-state index is -0.293. The van der Waals surface area contributed by atoms with Crippen molar-refractivity contribution in [3.8, 4) is 0 Å². The molecule has 0 aromatic carbocycles. The quantitative estimate of drug-likeness (QED) is 0.780. The molecule has 19 heavy (non-hydrogen) atoms. The third kappa shape index (κ3) is 3.38. The lowest BCUT2D eigenvalue weighted by atomic mass is 10.3. The van der Waals surface area contributed by atoms with Crippen molar-refractivity contribution >= 4 is 5.91 Å². The number of rotatable bonds is 5. The Kier molecular flexibility index (Phi) is 3.91. The van der Waals surface area contributed by atoms with Gasteiger partial charge < -0.3 is 15.5 Å². The van der Waals surface area contributed by atoms with E-state index in [1.165, 1.54) is 4.68 Å². The van der Waals surface area contributed by atoms with Gasteiger partial charge in [0, 0.05) is 6.54 Å². The predicted octanol–water partition coefficient (Wildman–Crippen LogP) is -0.0894. The number of hydrogen-bond donors (Lipinski definition) is 2. The van der Waals surface area contributed by atoms with Crippen molar-refractivity contribution < 1.29 is 9.21 Å². The van der Waals surface area contributed by atoms with Crippen molar-refractivity contribution in [2.24, 2.45) is 5.73 Å². The summed E-state index contributed by atoms with van der Waals surface area (Å²) < 4.78 is 6.78. The van der Waals surface area contributed by atoms with Gasteiger partial charge in [-0.1, -0.05) is 5.21 Å². The van der Waals surface area contributed by atoms with Gasteiger partial charge in [-0.25, -0.2) is 9.67 Å². The minimum Gasteiger partial charge on any atom is -0.444 e. The molecule has 0 aliphatic heterocycles. The summed E-state index contributed by atoms with van der Waals surface area (Å²) in [4.78, 5) is 15.9. The number of nitrogens with one attached hydrogen (secondary N) is 1. The summed E-state index contributed by atoms with van der Waals surface area (Å²) in [5.74, 6) is 0.990. The molecule has 8 heteroatoms. The van der Waals surface area contributed by atoms with Gasteiger partial charge in [0.2, 0.25) is 11.8 Å². The third-order valence-corrected chi connectivity index (χ3v) is 2.49. The van der Waals surface area contributed by atoms with Crippen LogP contribution in [-0.2, 0) is 17.9 Å². The molecule has 0 fully saturated rings. The maximum absolute atomic E-state index is 11.8. The molecule has 8 nitrogen and oxygen atoms in total. The fraction of sp³-hybridized carbons (Fsp3) is 0.455. The predicted molar refractivity (Wildman–Crippen MR) is 65.7 cm³/mol. The van der Waals surface area contributed by atoms with Crippen LogP contribution in [0.1, 0.15) is 30.3 Å². The Hall–Kier alpha value is -2.22. The maximum atomic E-state index is 11.8. The van der Waals surface area contributed by atoms with E-state index in [2.05, 4.69) is 20.6 Å². The average Bonchev–Trinajstić information content (AvgIpc) is 2.97. The molecule has 0 bridgehead atoms. The first kappa shape index (κ1) is 13.2. The lowest BCUT2D eigenvalue weighted by Gasteiger charge is -2.09. The Morgan fingerprint density at radius 1 is 1.63 bits per heavy atom. The fourth-order valence-corrected chi connectivity index (χ4v) is 1.58. The van der Waals surface area contributed by atoms with Gasteiger partial charge in [0.1, 0.15) is 18.3 Å². The molecule has 0 radical (unpaired) electrons. The smallest absolute Gasteiger partial charge is 0.242 e. The van der Waals surface area contributed by atoms with Gasteiger partial charge in [-0.05, 0) is 13.8 Å². The molecule has 1 atom stereocenters. The molecule has 1 amide bonds. The van der Waals surface area contributed by atoms with Gasteiger partial charge in [0.05, 0.1) is 18.1 Å². The van der Waals surface area contributed by atoms with Crippen molar-refractivity contribution in [1.29, 1.82) is 0 Å². The number of carbonyl (C=O) groups is 1. The first-order valence-electron chi connectivity index (χ1n) is 5.89. The lowest BCUT2D eigenvalue weighted by molar-refractivity contribution is -0.122. The normalized spacial score (nSPS) is 12.4. The molecule has 2 aromatic rings. The lowest BCUT2D eigenvalue weighted by Crippen LogP contribution is -2.30. The van der Waals surface area contributed by atoms with Gasteiger partial charge in [-0.3, -0.25) is 4.79 Å². The highest BCUT2D eigenvalue weighted by Gasteiger charge is 2.14. The van der Waals surface area contributed by atoms with Crippen molar-refractivity contribution in [2.75, 3.05) is 0 Å². The van der Waals surface area contributed by atoms with Crippen LogP contribution in [0.3, 0.4) is 0 Å². The molecule has 2 heterocycles. The van der Waals surface area contributed by atoms with Gasteiger partial charge in [-0.2, -0.15) is 0 Å². The topological polar surface area (TPSA) is 112 Å². The molecule has 2 aromatic heterocycles. The molecule has 0 aliphatic rings. The van der Waals surface area contributed by atoms with E-state index in [-0.39, 0.29) is 18.5 Å². The van der Waals surface area contributed by atoms with Gasteiger partial charge in [-0.15, -0.1) is 5.10 Å². The summed E-state index contributed by atoms with van der Waals surface area (Å²) in [7, 11) is 0. The first-order valence-corrected chi connectivity index (χ1v) is 5.89. The molecular formula is C11H16N6O2. The van der Waals surface area contributed by atoms with Crippen molar-refractivity contribution in [3.63, 3.8) is 0 Å². The van der Waals surface area contributed by atoms with E-state index in [0.29, 0.717) is 23.9 Å². The highest BCUT2D eigenvalue weighted by atomic mass is 16.4. The van der Waals surface area contributed by atoms with Crippen molar-refractivity contribution in [2.45, 2.75) is 33.0 Å². The number of hydrogen-bond acceptors (Lipinski definition) is 6. The standard InChI is InChI=1S/C11H16N6O2/c1-7-4-13-11(19-7)8(2)14-10(18)6-17-5-9(3-12)15-16-17/h4-5,8H,3,6,12H2,1-2H3,(H,14,18). The SMILES string of the molecule is Cc1cnc(C(C)NC(=O)Cn2cc(CN)nn2)o1. The molecule has 0 spiro atoms. The number of nitrogens with zero attached hydrogens (tertiary/aromatic N) is 4. The third-order valence-electron chi connectivity index (χ3n) is 2.49. The minimum absolute atomic E-state index is 0.0804. The van der Waals surface area contributed by atoms with E-state index >= 15 is 0 Å². The average molecular weight is 264 g/mol. The monoisotopic (exact) mass is 264 g/mol. The summed E-state index contributed by atoms with van der Waals surface area (Å²) >= 11 is 0. The number of oxazole rings is 1. The van der Waals surface area contributed by atoms with E-state index in [1.807, 2.05) is 0 Å². The second-order valence-corrected chi connectivity index (χ2v) is 4.21. The van der Waals surface area contributed by atoms with Crippen LogP contribution >= 0.6 is 0 Å². The number of aromatic nitrogens is 4. The molecule has 0 saturated carbocycles. The zero-order valence-electron chi connectivity index (χ0n) is 10.8. The zero-order valence-corrected chi connectivity index (χ0v) is 10.8. The van der Waals surface area contributed by atoms with Crippen molar-refractivity contribution in [1.82, 2.24) is 25.3 Å². The summed E-state index contributed by atoms with van der Waals surface area (Å²) in [6, 6.07) is -0.293. The Morgan fingerprint density at radius 2 is 2.42 bits per heavy atom. The van der Waals surface area contributed by atoms with Crippen LogP contribution in [0, 0.1) is 6.92 Å². The van der Waals surface area contributed by atoms with E-state index < -0.39 is 0 Å². The largest absolute Gasteiger partial charge is 0.444 e. The molecular weight excluding hydrogens is 248 g/mol. The van der Waals surface area contributed by atoms with Crippen LogP contribution in [0.4, 0.5) is 0 Å². The van der Waals surface area contributed by atoms with E-state index in [4.69, 9.17) is 10.2 Å². The van der Waals surface area contributed by atoms with E-state index in [0.717, 1.165) is 0 Å². The number of amides is 1. The molecule has 1 unspecified atom stereocenters. The molecule has 0 aliphatic carbocycles.